The maximum Gasteiger partial charge on any atom is 0.115 e. The van der Waals surface area contributed by atoms with Gasteiger partial charge in [0.15, 0.2) is 0 Å². The topological polar surface area (TPSA) is 43.7 Å². The third-order valence-electron chi connectivity index (χ3n) is 2.76. The first-order chi connectivity index (χ1) is 6.70. The van der Waals surface area contributed by atoms with Gasteiger partial charge in [-0.15, -0.1) is 12.4 Å². The normalized spacial score (nSPS) is 20.5. The molecule has 84 valence electrons. The number of rotatable bonds is 1. The summed E-state index contributed by atoms with van der Waals surface area (Å²) in [4.78, 5) is 2.18. The van der Waals surface area contributed by atoms with Gasteiger partial charge in [0.2, 0.25) is 0 Å². The lowest BCUT2D eigenvalue weighted by Gasteiger charge is -2.31. The average Bonchev–Trinajstić information content (AvgIpc) is 2.19. The highest BCUT2D eigenvalue weighted by molar-refractivity contribution is 5.85. The number of phenols is 1. The maximum absolute atomic E-state index is 9.83. The van der Waals surface area contributed by atoms with Gasteiger partial charge in [0.25, 0.3) is 0 Å². The first-order valence-corrected chi connectivity index (χ1v) is 4.93. The molecule has 0 amide bonds. The van der Waals surface area contributed by atoms with Gasteiger partial charge in [-0.1, -0.05) is 13.0 Å². The minimum Gasteiger partial charge on any atom is -0.508 e. The zero-order valence-corrected chi connectivity index (χ0v) is 9.50. The van der Waals surface area contributed by atoms with Gasteiger partial charge in [-0.05, 0) is 29.8 Å². The van der Waals surface area contributed by atoms with Gasteiger partial charge in [-0.3, -0.25) is 4.90 Å². The standard InChI is InChI=1S/C11H15NO2.ClH/c1-2-12-6-8-3-4-9(13)5-10(8)11(14)7-12;/h3-5,11,13-14H,2,6-7H2,1H3;1H. The lowest BCUT2D eigenvalue weighted by molar-refractivity contribution is 0.0955. The minimum absolute atomic E-state index is 0. The van der Waals surface area contributed by atoms with Crippen molar-refractivity contribution in [3.8, 4) is 5.75 Å². The summed E-state index contributed by atoms with van der Waals surface area (Å²) in [6.07, 6.45) is -0.467. The van der Waals surface area contributed by atoms with Crippen molar-refractivity contribution in [2.75, 3.05) is 13.1 Å². The van der Waals surface area contributed by atoms with Crippen molar-refractivity contribution in [1.29, 1.82) is 0 Å². The van der Waals surface area contributed by atoms with Gasteiger partial charge in [0, 0.05) is 13.1 Å². The van der Waals surface area contributed by atoms with Gasteiger partial charge in [-0.25, -0.2) is 0 Å². The number of fused-ring (bicyclic) bond motifs is 1. The molecule has 0 aromatic heterocycles. The lowest BCUT2D eigenvalue weighted by Crippen LogP contribution is -2.33. The van der Waals surface area contributed by atoms with E-state index in [9.17, 15) is 10.2 Å². The van der Waals surface area contributed by atoms with E-state index in [-0.39, 0.29) is 18.2 Å². The van der Waals surface area contributed by atoms with Crippen LogP contribution in [-0.4, -0.2) is 28.2 Å². The van der Waals surface area contributed by atoms with Crippen molar-refractivity contribution in [3.05, 3.63) is 29.3 Å². The summed E-state index contributed by atoms with van der Waals surface area (Å²) >= 11 is 0. The number of nitrogens with zero attached hydrogens (tertiary/aromatic N) is 1. The Kier molecular flexibility index (Phi) is 3.97. The second kappa shape index (κ2) is 4.84. The van der Waals surface area contributed by atoms with E-state index in [2.05, 4.69) is 11.8 Å². The van der Waals surface area contributed by atoms with Gasteiger partial charge < -0.3 is 10.2 Å². The van der Waals surface area contributed by atoms with E-state index in [1.54, 1.807) is 12.1 Å². The Morgan fingerprint density at radius 1 is 1.47 bits per heavy atom. The number of β-amino-alcohol motifs (C(OH)–C–C–N with tert-alkyl or cyclic N) is 1. The average molecular weight is 230 g/mol. The predicted octanol–water partition coefficient (Wildman–Crippen LogP) is 1.68. The highest BCUT2D eigenvalue weighted by atomic mass is 35.5. The van der Waals surface area contributed by atoms with Crippen LogP contribution in [0.2, 0.25) is 0 Å². The Morgan fingerprint density at radius 2 is 2.20 bits per heavy atom. The predicted molar refractivity (Wildman–Crippen MR) is 61.3 cm³/mol. The van der Waals surface area contributed by atoms with E-state index in [1.165, 1.54) is 0 Å². The molecule has 1 atom stereocenters. The molecule has 0 bridgehead atoms. The van der Waals surface area contributed by atoms with Crippen LogP contribution in [0.15, 0.2) is 18.2 Å². The van der Waals surface area contributed by atoms with Crippen LogP contribution in [0, 0.1) is 0 Å². The highest BCUT2D eigenvalue weighted by Gasteiger charge is 2.22. The molecule has 1 unspecified atom stereocenters. The Bertz CT molecular complexity index is 343. The Labute approximate surface area is 95.8 Å². The molecule has 3 nitrogen and oxygen atoms in total. The van der Waals surface area contributed by atoms with Crippen LogP contribution < -0.4 is 0 Å². The number of hydrogen-bond acceptors (Lipinski definition) is 3. The second-order valence-corrected chi connectivity index (χ2v) is 3.73. The Morgan fingerprint density at radius 3 is 2.87 bits per heavy atom. The number of phenolic OH excluding ortho intramolecular Hbond substituents is 1. The summed E-state index contributed by atoms with van der Waals surface area (Å²) in [6.45, 7) is 4.55. The largest absolute Gasteiger partial charge is 0.508 e. The summed E-state index contributed by atoms with van der Waals surface area (Å²) in [6, 6.07) is 5.22. The summed E-state index contributed by atoms with van der Waals surface area (Å²) < 4.78 is 0. The van der Waals surface area contributed by atoms with Crippen LogP contribution in [-0.2, 0) is 6.54 Å². The summed E-state index contributed by atoms with van der Waals surface area (Å²) in [5, 5.41) is 19.1. The van der Waals surface area contributed by atoms with E-state index in [0.717, 1.165) is 24.2 Å². The zero-order valence-electron chi connectivity index (χ0n) is 8.68. The second-order valence-electron chi connectivity index (χ2n) is 3.73. The molecule has 1 heterocycles. The van der Waals surface area contributed by atoms with Crippen molar-refractivity contribution < 1.29 is 10.2 Å². The number of aromatic hydroxyl groups is 1. The molecule has 2 N–H and O–H groups in total. The van der Waals surface area contributed by atoms with Gasteiger partial charge in [0.1, 0.15) is 5.75 Å². The SMILES string of the molecule is CCN1Cc2ccc(O)cc2C(O)C1.Cl. The van der Waals surface area contributed by atoms with E-state index < -0.39 is 6.10 Å². The van der Waals surface area contributed by atoms with Crippen LogP contribution >= 0.6 is 12.4 Å². The molecule has 4 heteroatoms. The van der Waals surface area contributed by atoms with E-state index in [0.29, 0.717) is 6.54 Å². The lowest BCUT2D eigenvalue weighted by atomic mass is 9.97. The molecular formula is C11H16ClNO2. The van der Waals surface area contributed by atoms with E-state index in [1.807, 2.05) is 6.07 Å². The fourth-order valence-electron chi connectivity index (χ4n) is 1.93. The quantitative estimate of drug-likeness (QED) is 0.770. The first kappa shape index (κ1) is 12.3. The third kappa shape index (κ3) is 2.43. The Hall–Kier alpha value is -0.770. The number of aliphatic hydroxyl groups excluding tert-OH is 1. The molecule has 0 radical (unpaired) electrons. The molecule has 1 aromatic carbocycles. The van der Waals surface area contributed by atoms with Crippen LogP contribution in [0.1, 0.15) is 24.2 Å². The molecule has 1 aliphatic rings. The van der Waals surface area contributed by atoms with Crippen LogP contribution in [0.5, 0.6) is 5.75 Å². The molecule has 1 aliphatic heterocycles. The van der Waals surface area contributed by atoms with Gasteiger partial charge in [0.05, 0.1) is 6.10 Å². The smallest absolute Gasteiger partial charge is 0.115 e. The van der Waals surface area contributed by atoms with Crippen molar-refractivity contribution in [2.24, 2.45) is 0 Å². The van der Waals surface area contributed by atoms with Gasteiger partial charge >= 0.3 is 0 Å². The third-order valence-corrected chi connectivity index (χ3v) is 2.76. The van der Waals surface area contributed by atoms with E-state index in [4.69, 9.17) is 0 Å². The Balaban J connectivity index is 0.00000112. The molecule has 0 fully saturated rings. The maximum atomic E-state index is 9.83. The number of hydrogen-bond donors (Lipinski definition) is 2. The summed E-state index contributed by atoms with van der Waals surface area (Å²) in [7, 11) is 0. The van der Waals surface area contributed by atoms with Crippen molar-refractivity contribution in [2.45, 2.75) is 19.6 Å². The van der Waals surface area contributed by atoms with E-state index >= 15 is 0 Å². The summed E-state index contributed by atoms with van der Waals surface area (Å²) in [5.41, 5.74) is 1.98. The monoisotopic (exact) mass is 229 g/mol. The van der Waals surface area contributed by atoms with Gasteiger partial charge in [-0.2, -0.15) is 0 Å². The van der Waals surface area contributed by atoms with Crippen molar-refractivity contribution in [1.82, 2.24) is 4.90 Å². The van der Waals surface area contributed by atoms with Crippen LogP contribution in [0.25, 0.3) is 0 Å². The number of benzene rings is 1. The van der Waals surface area contributed by atoms with Crippen LogP contribution in [0.4, 0.5) is 0 Å². The molecule has 0 spiro atoms. The fraction of sp³-hybridized carbons (Fsp3) is 0.455. The molecule has 0 aliphatic carbocycles. The van der Waals surface area contributed by atoms with Crippen molar-refractivity contribution >= 4 is 12.4 Å². The van der Waals surface area contributed by atoms with Crippen LogP contribution in [0.3, 0.4) is 0 Å². The summed E-state index contributed by atoms with van der Waals surface area (Å²) in [5.74, 6) is 0.229. The highest BCUT2D eigenvalue weighted by Crippen LogP contribution is 2.28. The molecule has 2 rings (SSSR count). The number of aliphatic hydroxyl groups is 1. The minimum atomic E-state index is -0.467. The number of likely N-dealkylation sites (N-methyl/N-ethyl adjacent to an activating group) is 1. The molecule has 0 saturated heterocycles. The first-order valence-electron chi connectivity index (χ1n) is 4.93. The molecule has 15 heavy (non-hydrogen) atoms. The van der Waals surface area contributed by atoms with Crippen molar-refractivity contribution in [3.63, 3.8) is 0 Å². The number of halogens is 1. The molecular weight excluding hydrogens is 214 g/mol. The molecule has 1 aromatic rings. The molecule has 0 saturated carbocycles. The fourth-order valence-corrected chi connectivity index (χ4v) is 1.93. The zero-order chi connectivity index (χ0) is 10.1.